The van der Waals surface area contributed by atoms with Crippen LogP contribution in [0.2, 0.25) is 0 Å². The van der Waals surface area contributed by atoms with Crippen LogP contribution in [-0.4, -0.2) is 36.4 Å². The lowest BCUT2D eigenvalue weighted by molar-refractivity contribution is 0.0944. The van der Waals surface area contributed by atoms with E-state index in [1.807, 2.05) is 62.4 Å². The number of nitrogens with one attached hydrogen (secondary N) is 4. The SMILES string of the molecule is CNC(=O)c1cccc(-c2ccc3cc(C(=O)NCCC4c5c(C)ccc(F)c5NC4C)[nH]c3c2)c1. The molecule has 1 aromatic heterocycles. The summed E-state index contributed by atoms with van der Waals surface area (Å²) in [4.78, 5) is 28.1. The largest absolute Gasteiger partial charge is 0.379 e. The minimum atomic E-state index is -0.230. The molecule has 4 N–H and O–H groups in total. The van der Waals surface area contributed by atoms with Crippen molar-refractivity contribution in [3.05, 3.63) is 88.9 Å². The first-order chi connectivity index (χ1) is 17.4. The average molecular weight is 485 g/mol. The summed E-state index contributed by atoms with van der Waals surface area (Å²) in [6, 6.07) is 18.6. The van der Waals surface area contributed by atoms with Gasteiger partial charge in [0.25, 0.3) is 11.8 Å². The first-order valence-electron chi connectivity index (χ1n) is 12.1. The minimum absolute atomic E-state index is 0.0981. The number of aromatic nitrogens is 1. The second-order valence-electron chi connectivity index (χ2n) is 9.38. The molecule has 6 nitrogen and oxygen atoms in total. The molecule has 0 bridgehead atoms. The molecule has 2 amide bonds. The zero-order valence-electron chi connectivity index (χ0n) is 20.5. The molecule has 0 saturated heterocycles. The van der Waals surface area contributed by atoms with Crippen LogP contribution < -0.4 is 16.0 Å². The Morgan fingerprint density at radius 1 is 1.00 bits per heavy atom. The van der Waals surface area contributed by atoms with Gasteiger partial charge in [-0.3, -0.25) is 9.59 Å². The highest BCUT2D eigenvalue weighted by molar-refractivity contribution is 5.99. The zero-order valence-corrected chi connectivity index (χ0v) is 20.5. The first kappa shape index (κ1) is 23.6. The molecular weight excluding hydrogens is 455 g/mol. The fourth-order valence-electron chi connectivity index (χ4n) is 5.14. The number of carbonyl (C=O) groups excluding carboxylic acids is 2. The van der Waals surface area contributed by atoms with E-state index >= 15 is 0 Å². The third-order valence-corrected chi connectivity index (χ3v) is 7.05. The number of amides is 2. The first-order valence-corrected chi connectivity index (χ1v) is 12.1. The van der Waals surface area contributed by atoms with Crippen molar-refractivity contribution >= 4 is 28.4 Å². The molecule has 4 aromatic rings. The van der Waals surface area contributed by atoms with Gasteiger partial charge in [-0.25, -0.2) is 4.39 Å². The normalized spacial score (nSPS) is 16.4. The van der Waals surface area contributed by atoms with Crippen LogP contribution in [0, 0.1) is 12.7 Å². The van der Waals surface area contributed by atoms with Crippen molar-refractivity contribution in [1.29, 1.82) is 0 Å². The van der Waals surface area contributed by atoms with Gasteiger partial charge in [0.1, 0.15) is 11.5 Å². The van der Waals surface area contributed by atoms with Gasteiger partial charge in [-0.05, 0) is 72.9 Å². The lowest BCUT2D eigenvalue weighted by Crippen LogP contribution is -2.27. The van der Waals surface area contributed by atoms with Crippen LogP contribution in [0.1, 0.15) is 51.2 Å². The van der Waals surface area contributed by atoms with Gasteiger partial charge in [0.05, 0.1) is 5.69 Å². The Balaban J connectivity index is 1.28. The maximum Gasteiger partial charge on any atom is 0.267 e. The van der Waals surface area contributed by atoms with E-state index in [1.165, 1.54) is 6.07 Å². The molecule has 0 spiro atoms. The predicted octanol–water partition coefficient (Wildman–Crippen LogP) is 5.36. The van der Waals surface area contributed by atoms with E-state index < -0.39 is 0 Å². The summed E-state index contributed by atoms with van der Waals surface area (Å²) >= 11 is 0. The predicted molar refractivity (Wildman–Crippen MR) is 141 cm³/mol. The Morgan fingerprint density at radius 2 is 1.81 bits per heavy atom. The molecule has 0 saturated carbocycles. The number of hydrogen-bond donors (Lipinski definition) is 4. The Hall–Kier alpha value is -4.13. The maximum atomic E-state index is 14.2. The van der Waals surface area contributed by atoms with E-state index in [0.717, 1.165) is 33.2 Å². The zero-order chi connectivity index (χ0) is 25.4. The van der Waals surface area contributed by atoms with Crippen LogP contribution in [0.5, 0.6) is 0 Å². The summed E-state index contributed by atoms with van der Waals surface area (Å²) in [5, 5.41) is 9.84. The van der Waals surface area contributed by atoms with E-state index in [0.29, 0.717) is 29.9 Å². The van der Waals surface area contributed by atoms with E-state index in [9.17, 15) is 14.0 Å². The van der Waals surface area contributed by atoms with E-state index in [4.69, 9.17) is 0 Å². The Bertz CT molecular complexity index is 1480. The number of aromatic amines is 1. The monoisotopic (exact) mass is 484 g/mol. The third kappa shape index (κ3) is 4.33. The average Bonchev–Trinajstić information content (AvgIpc) is 3.47. The quantitative estimate of drug-likeness (QED) is 0.297. The molecule has 2 atom stereocenters. The number of rotatable bonds is 6. The van der Waals surface area contributed by atoms with Gasteiger partial charge in [-0.1, -0.05) is 30.3 Å². The van der Waals surface area contributed by atoms with E-state index in [1.54, 1.807) is 13.1 Å². The van der Waals surface area contributed by atoms with E-state index in [-0.39, 0.29) is 29.6 Å². The summed E-state index contributed by atoms with van der Waals surface area (Å²) in [6.45, 7) is 4.53. The van der Waals surface area contributed by atoms with Crippen molar-refractivity contribution < 1.29 is 14.0 Å². The van der Waals surface area contributed by atoms with Crippen LogP contribution in [-0.2, 0) is 0 Å². The van der Waals surface area contributed by atoms with Crippen LogP contribution in [0.4, 0.5) is 10.1 Å². The van der Waals surface area contributed by atoms with E-state index in [2.05, 4.69) is 20.9 Å². The van der Waals surface area contributed by atoms with Crippen molar-refractivity contribution in [2.45, 2.75) is 32.2 Å². The van der Waals surface area contributed by atoms with Crippen LogP contribution in [0.3, 0.4) is 0 Å². The second-order valence-corrected chi connectivity index (χ2v) is 9.38. The lowest BCUT2D eigenvalue weighted by Gasteiger charge is -2.17. The molecule has 2 unspecified atom stereocenters. The molecule has 1 aliphatic heterocycles. The van der Waals surface area contributed by atoms with Crippen molar-refractivity contribution in [2.75, 3.05) is 18.9 Å². The Morgan fingerprint density at radius 3 is 2.61 bits per heavy atom. The Labute approximate surface area is 209 Å². The summed E-state index contributed by atoms with van der Waals surface area (Å²) < 4.78 is 14.2. The molecule has 36 heavy (non-hydrogen) atoms. The number of halogens is 1. The van der Waals surface area contributed by atoms with Gasteiger partial charge in [-0.15, -0.1) is 0 Å². The summed E-state index contributed by atoms with van der Waals surface area (Å²) in [6.07, 6.45) is 0.712. The number of benzene rings is 3. The number of H-pyrrole nitrogens is 1. The number of fused-ring (bicyclic) bond motifs is 2. The summed E-state index contributed by atoms with van der Waals surface area (Å²) in [5.74, 6) is -0.411. The van der Waals surface area contributed by atoms with Gasteiger partial charge in [0.2, 0.25) is 0 Å². The molecule has 0 aliphatic carbocycles. The molecule has 0 radical (unpaired) electrons. The van der Waals surface area contributed by atoms with Crippen molar-refractivity contribution in [3.8, 4) is 11.1 Å². The van der Waals surface area contributed by atoms with Crippen LogP contribution in [0.25, 0.3) is 22.0 Å². The summed E-state index contributed by atoms with van der Waals surface area (Å²) in [5.41, 5.74) is 6.46. The number of anilines is 1. The molecular formula is C29H29FN4O2. The molecule has 1 aliphatic rings. The highest BCUT2D eigenvalue weighted by Gasteiger charge is 2.32. The Kier molecular flexibility index (Phi) is 6.22. The van der Waals surface area contributed by atoms with Crippen molar-refractivity contribution in [3.63, 3.8) is 0 Å². The fourth-order valence-corrected chi connectivity index (χ4v) is 5.14. The topological polar surface area (TPSA) is 86.0 Å². The van der Waals surface area contributed by atoms with Crippen molar-refractivity contribution in [2.24, 2.45) is 0 Å². The molecule has 3 aromatic carbocycles. The van der Waals surface area contributed by atoms with Gasteiger partial charge in [0.15, 0.2) is 0 Å². The number of hydrogen-bond acceptors (Lipinski definition) is 3. The van der Waals surface area contributed by atoms with Gasteiger partial charge in [-0.2, -0.15) is 0 Å². The molecule has 0 fully saturated rings. The van der Waals surface area contributed by atoms with Gasteiger partial charge in [0, 0.05) is 42.0 Å². The molecule has 7 heteroatoms. The van der Waals surface area contributed by atoms with Crippen LogP contribution >= 0.6 is 0 Å². The van der Waals surface area contributed by atoms with Gasteiger partial charge < -0.3 is 20.9 Å². The highest BCUT2D eigenvalue weighted by Crippen LogP contribution is 2.41. The number of aryl methyl sites for hydroxylation is 1. The van der Waals surface area contributed by atoms with Crippen molar-refractivity contribution in [1.82, 2.24) is 15.6 Å². The standard InChI is InChI=1S/C29H29FN4O2/c1-16-7-10-23(30)27-26(16)22(17(2)33-27)11-12-32-29(36)25-15-20-9-8-19(14-24(20)34-25)18-5-4-6-21(13-18)28(35)31-3/h4-10,13-15,17,22,33-34H,11-12H2,1-3H3,(H,31,35)(H,32,36). The smallest absolute Gasteiger partial charge is 0.267 e. The summed E-state index contributed by atoms with van der Waals surface area (Å²) in [7, 11) is 1.61. The number of carbonyl (C=O) groups is 2. The highest BCUT2D eigenvalue weighted by atomic mass is 19.1. The molecule has 5 rings (SSSR count). The lowest BCUT2D eigenvalue weighted by atomic mass is 9.89. The second kappa shape index (κ2) is 9.49. The molecule has 184 valence electrons. The van der Waals surface area contributed by atoms with Gasteiger partial charge >= 0.3 is 0 Å². The molecule has 2 heterocycles. The maximum absolute atomic E-state index is 14.2. The third-order valence-electron chi connectivity index (χ3n) is 7.05. The fraction of sp³-hybridized carbons (Fsp3) is 0.241. The van der Waals surface area contributed by atoms with Crippen LogP contribution in [0.15, 0.2) is 60.7 Å². The minimum Gasteiger partial charge on any atom is -0.379 e.